The number of benzene rings is 1. The van der Waals surface area contributed by atoms with Gasteiger partial charge in [-0.25, -0.2) is 0 Å². The fourth-order valence-corrected chi connectivity index (χ4v) is 2.78. The van der Waals surface area contributed by atoms with Crippen molar-refractivity contribution >= 4 is 22.9 Å². The summed E-state index contributed by atoms with van der Waals surface area (Å²) in [6, 6.07) is 8.00. The molecule has 1 N–H and O–H groups in total. The lowest BCUT2D eigenvalue weighted by Crippen LogP contribution is -2.17. The first-order valence-corrected chi connectivity index (χ1v) is 6.61. The van der Waals surface area contributed by atoms with Crippen LogP contribution in [0.3, 0.4) is 0 Å². The number of ether oxygens (including phenoxy) is 1. The number of hydrogen-bond acceptors (Lipinski definition) is 3. The lowest BCUT2D eigenvalue weighted by Gasteiger charge is -2.17. The van der Waals surface area contributed by atoms with Crippen LogP contribution in [0.15, 0.2) is 35.0 Å². The summed E-state index contributed by atoms with van der Waals surface area (Å²) < 4.78 is 5.15. The maximum Gasteiger partial charge on any atom is 0.120 e. The Morgan fingerprint density at radius 2 is 2.18 bits per heavy atom. The van der Waals surface area contributed by atoms with Crippen LogP contribution in [-0.2, 0) is 0 Å². The monoisotopic (exact) mass is 267 g/mol. The van der Waals surface area contributed by atoms with E-state index in [-0.39, 0.29) is 6.04 Å². The SMILES string of the molecule is CNC(c1ccsc1)c1ccc(OC)cc1Cl. The van der Waals surface area contributed by atoms with Crippen molar-refractivity contribution in [2.75, 3.05) is 14.2 Å². The minimum absolute atomic E-state index is 0.125. The molecule has 0 aliphatic rings. The van der Waals surface area contributed by atoms with Gasteiger partial charge in [-0.15, -0.1) is 0 Å². The van der Waals surface area contributed by atoms with Gasteiger partial charge in [0.1, 0.15) is 5.75 Å². The molecule has 0 fully saturated rings. The molecule has 0 spiro atoms. The minimum atomic E-state index is 0.125. The van der Waals surface area contributed by atoms with Crippen molar-refractivity contribution in [2.45, 2.75) is 6.04 Å². The molecule has 0 radical (unpaired) electrons. The smallest absolute Gasteiger partial charge is 0.120 e. The third kappa shape index (κ3) is 2.63. The van der Waals surface area contributed by atoms with Gasteiger partial charge < -0.3 is 10.1 Å². The Labute approximate surface area is 110 Å². The number of nitrogens with one attached hydrogen (secondary N) is 1. The van der Waals surface area contributed by atoms with E-state index in [1.165, 1.54) is 5.56 Å². The van der Waals surface area contributed by atoms with Crippen molar-refractivity contribution in [3.05, 3.63) is 51.2 Å². The Bertz CT molecular complexity index is 484. The summed E-state index contributed by atoms with van der Waals surface area (Å²) in [6.45, 7) is 0. The number of hydrogen-bond donors (Lipinski definition) is 1. The Hall–Kier alpha value is -1.03. The Morgan fingerprint density at radius 1 is 1.35 bits per heavy atom. The van der Waals surface area contributed by atoms with E-state index >= 15 is 0 Å². The maximum atomic E-state index is 6.28. The predicted molar refractivity (Wildman–Crippen MR) is 73.2 cm³/mol. The van der Waals surface area contributed by atoms with Gasteiger partial charge in [0, 0.05) is 5.02 Å². The number of rotatable bonds is 4. The van der Waals surface area contributed by atoms with Gasteiger partial charge in [0.25, 0.3) is 0 Å². The van der Waals surface area contributed by atoms with Crippen molar-refractivity contribution < 1.29 is 4.74 Å². The summed E-state index contributed by atoms with van der Waals surface area (Å²) in [7, 11) is 3.57. The zero-order valence-electron chi connectivity index (χ0n) is 9.74. The van der Waals surface area contributed by atoms with E-state index in [1.54, 1.807) is 18.4 Å². The van der Waals surface area contributed by atoms with Gasteiger partial charge in [0.05, 0.1) is 13.2 Å². The summed E-state index contributed by atoms with van der Waals surface area (Å²) in [5, 5.41) is 8.19. The molecule has 1 aromatic carbocycles. The van der Waals surface area contributed by atoms with Crippen LogP contribution in [0.2, 0.25) is 5.02 Å². The van der Waals surface area contributed by atoms with E-state index in [1.807, 2.05) is 25.2 Å². The van der Waals surface area contributed by atoms with E-state index in [0.29, 0.717) is 0 Å². The molecule has 0 amide bonds. The average molecular weight is 268 g/mol. The standard InChI is InChI=1S/C13H14ClNOS/c1-15-13(9-5-6-17-8-9)11-4-3-10(16-2)7-12(11)14/h3-8,13,15H,1-2H3. The molecule has 0 saturated heterocycles. The topological polar surface area (TPSA) is 21.3 Å². The molecule has 90 valence electrons. The Kier molecular flexibility index (Phi) is 4.05. The van der Waals surface area contributed by atoms with Gasteiger partial charge in [-0.3, -0.25) is 0 Å². The predicted octanol–water partition coefficient (Wildman–Crippen LogP) is 3.72. The second kappa shape index (κ2) is 5.54. The molecular formula is C13H14ClNOS. The number of halogens is 1. The zero-order valence-corrected chi connectivity index (χ0v) is 11.3. The van der Waals surface area contributed by atoms with Crippen LogP contribution in [0.25, 0.3) is 0 Å². The van der Waals surface area contributed by atoms with Gasteiger partial charge in [-0.1, -0.05) is 17.7 Å². The Morgan fingerprint density at radius 3 is 2.71 bits per heavy atom. The van der Waals surface area contributed by atoms with Crippen LogP contribution in [-0.4, -0.2) is 14.2 Å². The van der Waals surface area contributed by atoms with Crippen LogP contribution in [0.4, 0.5) is 0 Å². The number of methoxy groups -OCH3 is 1. The van der Waals surface area contributed by atoms with Crippen molar-refractivity contribution in [3.8, 4) is 5.75 Å². The maximum absolute atomic E-state index is 6.28. The molecule has 0 saturated carbocycles. The molecule has 2 aromatic rings. The van der Waals surface area contributed by atoms with Crippen molar-refractivity contribution in [1.29, 1.82) is 0 Å². The van der Waals surface area contributed by atoms with Crippen molar-refractivity contribution in [1.82, 2.24) is 5.32 Å². The van der Waals surface area contributed by atoms with Gasteiger partial charge in [0.2, 0.25) is 0 Å². The lowest BCUT2D eigenvalue weighted by atomic mass is 10.0. The normalized spacial score (nSPS) is 12.4. The molecule has 0 aliphatic carbocycles. The third-order valence-electron chi connectivity index (χ3n) is 2.68. The van der Waals surface area contributed by atoms with E-state index in [9.17, 15) is 0 Å². The van der Waals surface area contributed by atoms with Crippen LogP contribution >= 0.6 is 22.9 Å². The van der Waals surface area contributed by atoms with Gasteiger partial charge in [0.15, 0.2) is 0 Å². The molecule has 4 heteroatoms. The summed E-state index contributed by atoms with van der Waals surface area (Å²) in [6.07, 6.45) is 0. The number of thiophene rings is 1. The summed E-state index contributed by atoms with van der Waals surface area (Å²) in [4.78, 5) is 0. The quantitative estimate of drug-likeness (QED) is 0.912. The van der Waals surface area contributed by atoms with E-state index in [0.717, 1.165) is 16.3 Å². The molecule has 1 atom stereocenters. The van der Waals surface area contributed by atoms with Crippen LogP contribution in [0, 0.1) is 0 Å². The summed E-state index contributed by atoms with van der Waals surface area (Å²) in [5.41, 5.74) is 2.29. The highest BCUT2D eigenvalue weighted by molar-refractivity contribution is 7.08. The summed E-state index contributed by atoms with van der Waals surface area (Å²) in [5.74, 6) is 0.777. The van der Waals surface area contributed by atoms with E-state index < -0.39 is 0 Å². The first-order chi connectivity index (χ1) is 8.26. The molecule has 2 rings (SSSR count). The molecular weight excluding hydrogens is 254 g/mol. The lowest BCUT2D eigenvalue weighted by molar-refractivity contribution is 0.414. The molecule has 1 unspecified atom stereocenters. The van der Waals surface area contributed by atoms with Crippen molar-refractivity contribution in [2.24, 2.45) is 0 Å². The molecule has 1 heterocycles. The third-order valence-corrected chi connectivity index (χ3v) is 3.71. The average Bonchev–Trinajstić information content (AvgIpc) is 2.85. The minimum Gasteiger partial charge on any atom is -0.497 e. The van der Waals surface area contributed by atoms with Crippen LogP contribution in [0.1, 0.15) is 17.2 Å². The van der Waals surface area contributed by atoms with Gasteiger partial charge in [-0.05, 0) is 47.1 Å². The van der Waals surface area contributed by atoms with E-state index in [2.05, 4.69) is 22.1 Å². The molecule has 2 nitrogen and oxygen atoms in total. The Balaban J connectivity index is 2.38. The highest BCUT2D eigenvalue weighted by Gasteiger charge is 2.15. The summed E-state index contributed by atoms with van der Waals surface area (Å²) >= 11 is 7.97. The van der Waals surface area contributed by atoms with Crippen LogP contribution in [0.5, 0.6) is 5.75 Å². The molecule has 17 heavy (non-hydrogen) atoms. The molecule has 1 aromatic heterocycles. The van der Waals surface area contributed by atoms with E-state index in [4.69, 9.17) is 16.3 Å². The largest absolute Gasteiger partial charge is 0.497 e. The van der Waals surface area contributed by atoms with Crippen LogP contribution < -0.4 is 10.1 Å². The first kappa shape index (κ1) is 12.4. The second-order valence-corrected chi connectivity index (χ2v) is 4.85. The highest BCUT2D eigenvalue weighted by atomic mass is 35.5. The van der Waals surface area contributed by atoms with Crippen molar-refractivity contribution in [3.63, 3.8) is 0 Å². The van der Waals surface area contributed by atoms with Gasteiger partial charge in [-0.2, -0.15) is 11.3 Å². The first-order valence-electron chi connectivity index (χ1n) is 5.29. The second-order valence-electron chi connectivity index (χ2n) is 3.67. The molecule has 0 bridgehead atoms. The molecule has 0 aliphatic heterocycles. The fraction of sp³-hybridized carbons (Fsp3) is 0.231. The zero-order chi connectivity index (χ0) is 12.3. The highest BCUT2D eigenvalue weighted by Crippen LogP contribution is 2.31. The van der Waals surface area contributed by atoms with Gasteiger partial charge >= 0.3 is 0 Å². The fourth-order valence-electron chi connectivity index (χ4n) is 1.81.